The highest BCUT2D eigenvalue weighted by Gasteiger charge is 2.34. The lowest BCUT2D eigenvalue weighted by Gasteiger charge is -2.40. The Balaban J connectivity index is 1.04. The van der Waals surface area contributed by atoms with Crippen LogP contribution >= 0.6 is 0 Å². The molecule has 1 aromatic heterocycles. The first-order valence-electron chi connectivity index (χ1n) is 18.1. The molecule has 4 aromatic rings. The summed E-state index contributed by atoms with van der Waals surface area (Å²) >= 11 is 0. The molecule has 0 radical (unpaired) electrons. The summed E-state index contributed by atoms with van der Waals surface area (Å²) in [6, 6.07) is 23.9. The quantitative estimate of drug-likeness (QED) is 0.0647. The molecule has 2 aliphatic heterocycles. The highest BCUT2D eigenvalue weighted by molar-refractivity contribution is 5.76. The van der Waals surface area contributed by atoms with Crippen LogP contribution in [0.1, 0.15) is 98.5 Å². The Labute approximate surface area is 297 Å². The number of likely N-dealkylation sites (tertiary alicyclic amines) is 1. The molecule has 2 fully saturated rings. The highest BCUT2D eigenvalue weighted by Crippen LogP contribution is 2.38. The number of benzene rings is 3. The Morgan fingerprint density at radius 1 is 0.824 bits per heavy atom. The number of aromatic nitrogens is 2. The molecule has 272 valence electrons. The van der Waals surface area contributed by atoms with E-state index in [2.05, 4.69) is 15.2 Å². The van der Waals surface area contributed by atoms with Crippen molar-refractivity contribution in [1.29, 1.82) is 0 Å². The fraction of sp³-hybridized carbons (Fsp3) is 0.462. The van der Waals surface area contributed by atoms with E-state index >= 15 is 0 Å². The van der Waals surface area contributed by atoms with Crippen LogP contribution in [0.25, 0.3) is 11.0 Å². The third kappa shape index (κ3) is 9.72. The van der Waals surface area contributed by atoms with Crippen LogP contribution in [0.5, 0.6) is 0 Å². The summed E-state index contributed by atoms with van der Waals surface area (Å²) in [5, 5.41) is 21.1. The van der Waals surface area contributed by atoms with Crippen LogP contribution in [0.3, 0.4) is 0 Å². The van der Waals surface area contributed by atoms with E-state index in [0.717, 1.165) is 85.0 Å². The smallest absolute Gasteiger partial charge is 0.326 e. The summed E-state index contributed by atoms with van der Waals surface area (Å²) in [5.74, 6) is -0.399. The summed E-state index contributed by atoms with van der Waals surface area (Å²) in [7, 11) is 0. The predicted molar refractivity (Wildman–Crippen MR) is 192 cm³/mol. The maximum Gasteiger partial charge on any atom is 0.326 e. The van der Waals surface area contributed by atoms with Gasteiger partial charge in [-0.2, -0.15) is 0 Å². The van der Waals surface area contributed by atoms with Crippen molar-refractivity contribution < 1.29 is 29.4 Å². The van der Waals surface area contributed by atoms with Crippen LogP contribution in [0, 0.1) is 0 Å². The Bertz CT molecular complexity index is 1780. The third-order valence-electron chi connectivity index (χ3n) is 10.0. The lowest BCUT2D eigenvalue weighted by molar-refractivity contribution is -0.253. The van der Waals surface area contributed by atoms with E-state index in [9.17, 15) is 19.5 Å². The summed E-state index contributed by atoms with van der Waals surface area (Å²) in [6.45, 7) is 2.89. The number of aliphatic hydroxyl groups excluding tert-OH is 1. The van der Waals surface area contributed by atoms with Gasteiger partial charge < -0.3 is 29.8 Å². The zero-order valence-corrected chi connectivity index (χ0v) is 29.0. The van der Waals surface area contributed by atoms with E-state index in [4.69, 9.17) is 14.7 Å². The van der Waals surface area contributed by atoms with E-state index in [1.54, 1.807) is 5.48 Å². The molecule has 12 heteroatoms. The largest absolute Gasteiger partial charge is 0.392 e. The number of hydrogen-bond donors (Lipinski definition) is 5. The molecule has 3 atom stereocenters. The van der Waals surface area contributed by atoms with E-state index < -0.39 is 6.29 Å². The number of hydroxylamine groups is 1. The normalized spacial score (nSPS) is 20.0. The number of imidazole rings is 1. The van der Waals surface area contributed by atoms with Gasteiger partial charge in [0.1, 0.15) is 0 Å². The van der Waals surface area contributed by atoms with Gasteiger partial charge in [0.25, 0.3) is 0 Å². The molecule has 0 spiro atoms. The van der Waals surface area contributed by atoms with Crippen molar-refractivity contribution in [2.24, 2.45) is 0 Å². The summed E-state index contributed by atoms with van der Waals surface area (Å²) < 4.78 is 15.1. The number of piperidine rings is 1. The van der Waals surface area contributed by atoms with Crippen LogP contribution in [-0.4, -0.2) is 62.3 Å². The number of nitrogens with one attached hydrogen (secondary N) is 3. The van der Waals surface area contributed by atoms with Crippen LogP contribution in [0.4, 0.5) is 0 Å². The number of amides is 2. The molecule has 12 nitrogen and oxygen atoms in total. The topological polar surface area (TPSA) is 158 Å². The number of aromatic amines is 1. The number of H-pyrrole nitrogens is 1. The first kappa shape index (κ1) is 36.5. The molecule has 3 heterocycles. The lowest BCUT2D eigenvalue weighted by atomic mass is 9.98. The van der Waals surface area contributed by atoms with Gasteiger partial charge in [0.2, 0.25) is 11.8 Å². The van der Waals surface area contributed by atoms with Gasteiger partial charge in [0.15, 0.2) is 6.29 Å². The standard InChI is InChI=1S/C39H49N5O7/c45-26-28-13-15-29(16-14-28)35-23-32(25-43-21-19-31(20-22-43)44-34-8-6-5-7-33(34)41-39(44)48)50-38(51-35)30-17-11-27(12-18-30)24-40-36(46)9-3-1-2-4-10-37(47)42-49/h5-8,11-18,31-32,35,38,45,49H,1-4,9-10,19-26H2,(H,40,46)(H,41,48)(H,42,47)/t32-,35+,38+/m0/s1. The second-order valence-electron chi connectivity index (χ2n) is 13.7. The minimum absolute atomic E-state index is 0.0124. The van der Waals surface area contributed by atoms with Gasteiger partial charge in [0, 0.05) is 57.0 Å². The molecule has 0 aliphatic carbocycles. The van der Waals surface area contributed by atoms with Crippen molar-refractivity contribution in [1.82, 2.24) is 25.2 Å². The van der Waals surface area contributed by atoms with Crippen molar-refractivity contribution in [2.75, 3.05) is 19.6 Å². The number of fused-ring (bicyclic) bond motifs is 1. The number of aliphatic hydroxyl groups is 1. The Morgan fingerprint density at radius 3 is 2.20 bits per heavy atom. The lowest BCUT2D eigenvalue weighted by Crippen LogP contribution is -2.43. The summed E-state index contributed by atoms with van der Waals surface area (Å²) in [5.41, 5.74) is 7.17. The molecule has 2 saturated heterocycles. The van der Waals surface area contributed by atoms with Crippen molar-refractivity contribution >= 4 is 22.8 Å². The molecule has 6 rings (SSSR count). The Morgan fingerprint density at radius 2 is 1.49 bits per heavy atom. The van der Waals surface area contributed by atoms with Gasteiger partial charge in [-0.3, -0.25) is 19.4 Å². The maximum absolute atomic E-state index is 12.8. The number of hydrogen-bond acceptors (Lipinski definition) is 8. The maximum atomic E-state index is 12.8. The SMILES string of the molecule is O=C(CCCCCCC(=O)NCc1ccc([C@@H]2O[C@H](CN3CCC(n4c(=O)[nH]c5ccccc54)CC3)C[C@H](c3ccc(CO)cc3)O2)cc1)NO. The second-order valence-corrected chi connectivity index (χ2v) is 13.7. The molecule has 0 bridgehead atoms. The zero-order chi connectivity index (χ0) is 35.6. The van der Waals surface area contributed by atoms with Crippen LogP contribution < -0.4 is 16.5 Å². The molecular weight excluding hydrogens is 650 g/mol. The Kier molecular flexibility index (Phi) is 12.7. The van der Waals surface area contributed by atoms with E-state index in [-0.39, 0.29) is 48.8 Å². The highest BCUT2D eigenvalue weighted by atomic mass is 16.7. The van der Waals surface area contributed by atoms with Gasteiger partial charge in [-0.25, -0.2) is 10.3 Å². The molecule has 2 aliphatic rings. The van der Waals surface area contributed by atoms with Crippen molar-refractivity contribution in [3.05, 3.63) is 106 Å². The first-order chi connectivity index (χ1) is 24.9. The predicted octanol–water partition coefficient (Wildman–Crippen LogP) is 5.17. The van der Waals surface area contributed by atoms with Gasteiger partial charge >= 0.3 is 5.69 Å². The van der Waals surface area contributed by atoms with Crippen molar-refractivity contribution in [2.45, 2.75) is 95.5 Å². The number of para-hydroxylation sites is 2. The average molecular weight is 700 g/mol. The monoisotopic (exact) mass is 699 g/mol. The number of ether oxygens (including phenoxy) is 2. The molecule has 0 saturated carbocycles. The zero-order valence-electron chi connectivity index (χ0n) is 29.0. The van der Waals surface area contributed by atoms with Crippen molar-refractivity contribution in [3.8, 4) is 0 Å². The average Bonchev–Trinajstić information content (AvgIpc) is 3.51. The van der Waals surface area contributed by atoms with E-state index in [1.807, 2.05) is 77.4 Å². The second kappa shape index (κ2) is 17.7. The molecule has 2 amide bonds. The van der Waals surface area contributed by atoms with Gasteiger partial charge in [0.05, 0.1) is 29.8 Å². The summed E-state index contributed by atoms with van der Waals surface area (Å²) in [4.78, 5) is 41.7. The number of unbranched alkanes of at least 4 members (excludes halogenated alkanes) is 3. The van der Waals surface area contributed by atoms with E-state index in [1.165, 1.54) is 0 Å². The molecule has 0 unspecified atom stereocenters. The minimum atomic E-state index is -0.569. The van der Waals surface area contributed by atoms with Crippen LogP contribution in [0.2, 0.25) is 0 Å². The van der Waals surface area contributed by atoms with E-state index in [0.29, 0.717) is 25.8 Å². The van der Waals surface area contributed by atoms with Gasteiger partial charge in [-0.05, 0) is 54.5 Å². The number of carbonyl (C=O) groups excluding carboxylic acids is 2. The molecular formula is C39H49N5O7. The molecule has 51 heavy (non-hydrogen) atoms. The number of rotatable bonds is 15. The number of carbonyl (C=O) groups is 2. The number of nitrogens with zero attached hydrogens (tertiary/aromatic N) is 2. The molecule has 3 aromatic carbocycles. The third-order valence-corrected chi connectivity index (χ3v) is 10.0. The fourth-order valence-corrected chi connectivity index (χ4v) is 7.18. The first-order valence-corrected chi connectivity index (χ1v) is 18.1. The fourth-order valence-electron chi connectivity index (χ4n) is 7.18. The minimum Gasteiger partial charge on any atom is -0.392 e. The summed E-state index contributed by atoms with van der Waals surface area (Å²) in [6.07, 6.45) is 5.43. The van der Waals surface area contributed by atoms with Crippen LogP contribution in [-0.2, 0) is 32.2 Å². The van der Waals surface area contributed by atoms with Gasteiger partial charge in [-0.15, -0.1) is 0 Å². The van der Waals surface area contributed by atoms with Crippen LogP contribution in [0.15, 0.2) is 77.6 Å². The Hall–Kier alpha value is -4.33. The molecule has 5 N–H and O–H groups in total. The van der Waals surface area contributed by atoms with Crippen molar-refractivity contribution in [3.63, 3.8) is 0 Å². The van der Waals surface area contributed by atoms with Gasteiger partial charge in [-0.1, -0.05) is 73.5 Å².